The molecular weight excluding hydrogens is 293 g/mol. The van der Waals surface area contributed by atoms with Crippen LogP contribution in [-0.2, 0) is 0 Å². The molecule has 1 rings (SSSR count). The summed E-state index contributed by atoms with van der Waals surface area (Å²) in [5, 5.41) is 0. The third-order valence-corrected chi connectivity index (χ3v) is 3.57. The van der Waals surface area contributed by atoms with Gasteiger partial charge in [-0.3, -0.25) is 0 Å². The topological polar surface area (TPSA) is 26.0 Å². The van der Waals surface area contributed by atoms with Crippen molar-refractivity contribution in [3.63, 3.8) is 0 Å². The highest BCUT2D eigenvalue weighted by Gasteiger charge is 1.99. The average Bonchev–Trinajstić information content (AvgIpc) is 2.09. The van der Waals surface area contributed by atoms with E-state index in [-0.39, 0.29) is 0 Å². The van der Waals surface area contributed by atoms with Gasteiger partial charge in [0.05, 0.1) is 0 Å². The molecule has 0 saturated heterocycles. The van der Waals surface area contributed by atoms with Crippen molar-refractivity contribution < 1.29 is 0 Å². The average molecular weight is 307 g/mol. The van der Waals surface area contributed by atoms with Crippen molar-refractivity contribution in [2.45, 2.75) is 24.7 Å². The molecule has 0 aliphatic rings. The second-order valence-electron chi connectivity index (χ2n) is 2.88. The minimum atomic E-state index is 0.910. The summed E-state index contributed by atoms with van der Waals surface area (Å²) in [6.45, 7) is 2.21. The normalized spacial score (nSPS) is 10.3. The van der Waals surface area contributed by atoms with Gasteiger partial charge in [0, 0.05) is 14.2 Å². The van der Waals surface area contributed by atoms with Crippen LogP contribution >= 0.6 is 34.4 Å². The van der Waals surface area contributed by atoms with Crippen LogP contribution in [0.5, 0.6) is 0 Å². The predicted octanol–water partition coefficient (Wildman–Crippen LogP) is 3.77. The maximum Gasteiger partial charge on any atom is 0.0462 e. The molecule has 72 valence electrons. The summed E-state index contributed by atoms with van der Waals surface area (Å²) in [7, 11) is 0. The van der Waals surface area contributed by atoms with E-state index in [0.29, 0.717) is 0 Å². The van der Waals surface area contributed by atoms with Crippen LogP contribution in [0.3, 0.4) is 0 Å². The van der Waals surface area contributed by atoms with Gasteiger partial charge in [-0.2, -0.15) is 0 Å². The molecule has 0 aliphatic heterocycles. The summed E-state index contributed by atoms with van der Waals surface area (Å²) in [4.78, 5) is 1.22. The molecular formula is C10H14INS. The van der Waals surface area contributed by atoms with Gasteiger partial charge >= 0.3 is 0 Å². The summed E-state index contributed by atoms with van der Waals surface area (Å²) >= 11 is 4.13. The molecule has 0 atom stereocenters. The van der Waals surface area contributed by atoms with E-state index >= 15 is 0 Å². The SMILES string of the molecule is CCCCSc1ccc(I)cc1N. The minimum absolute atomic E-state index is 0.910. The van der Waals surface area contributed by atoms with Crippen LogP contribution in [0.2, 0.25) is 0 Å². The zero-order valence-electron chi connectivity index (χ0n) is 7.72. The number of nitrogen functional groups attached to an aromatic ring is 1. The fourth-order valence-corrected chi connectivity index (χ4v) is 2.54. The Morgan fingerprint density at radius 1 is 1.46 bits per heavy atom. The zero-order chi connectivity index (χ0) is 9.68. The first-order chi connectivity index (χ1) is 6.24. The molecule has 0 unspecified atom stereocenters. The van der Waals surface area contributed by atoms with E-state index in [9.17, 15) is 0 Å². The van der Waals surface area contributed by atoms with Crippen molar-refractivity contribution in [1.29, 1.82) is 0 Å². The molecule has 0 bridgehead atoms. The highest BCUT2D eigenvalue weighted by atomic mass is 127. The van der Waals surface area contributed by atoms with Crippen LogP contribution in [0.1, 0.15) is 19.8 Å². The molecule has 13 heavy (non-hydrogen) atoms. The highest BCUT2D eigenvalue weighted by molar-refractivity contribution is 14.1. The van der Waals surface area contributed by atoms with Crippen molar-refractivity contribution in [1.82, 2.24) is 0 Å². The maximum atomic E-state index is 5.88. The summed E-state index contributed by atoms with van der Waals surface area (Å²) in [6.07, 6.45) is 2.51. The number of nitrogens with two attached hydrogens (primary N) is 1. The van der Waals surface area contributed by atoms with Gasteiger partial charge in [0.25, 0.3) is 0 Å². The molecule has 1 nitrogen and oxygen atoms in total. The van der Waals surface area contributed by atoms with Crippen molar-refractivity contribution in [2.75, 3.05) is 11.5 Å². The third-order valence-electron chi connectivity index (χ3n) is 1.73. The number of unbranched alkanes of at least 4 members (excludes halogenated alkanes) is 1. The highest BCUT2D eigenvalue weighted by Crippen LogP contribution is 2.27. The van der Waals surface area contributed by atoms with Gasteiger partial charge in [0.1, 0.15) is 0 Å². The van der Waals surface area contributed by atoms with E-state index in [1.807, 2.05) is 17.8 Å². The fourth-order valence-electron chi connectivity index (χ4n) is 0.977. The lowest BCUT2D eigenvalue weighted by atomic mass is 10.3. The Hall–Kier alpha value is 0.1000. The first-order valence-corrected chi connectivity index (χ1v) is 6.48. The molecule has 0 fully saturated rings. The van der Waals surface area contributed by atoms with E-state index in [2.05, 4.69) is 41.6 Å². The number of hydrogen-bond donors (Lipinski definition) is 1. The Balaban J connectivity index is 2.56. The van der Waals surface area contributed by atoms with Gasteiger partial charge in [-0.05, 0) is 53.0 Å². The number of anilines is 1. The molecule has 0 radical (unpaired) electrons. The quantitative estimate of drug-likeness (QED) is 0.397. The number of rotatable bonds is 4. The molecule has 3 heteroatoms. The molecule has 0 amide bonds. The fraction of sp³-hybridized carbons (Fsp3) is 0.400. The van der Waals surface area contributed by atoms with E-state index in [1.54, 1.807) is 0 Å². The molecule has 0 heterocycles. The smallest absolute Gasteiger partial charge is 0.0462 e. The lowest BCUT2D eigenvalue weighted by Crippen LogP contribution is -1.90. The van der Waals surface area contributed by atoms with Crippen LogP contribution in [0.15, 0.2) is 23.1 Å². The van der Waals surface area contributed by atoms with Crippen molar-refractivity contribution in [2.24, 2.45) is 0 Å². The maximum absolute atomic E-state index is 5.88. The summed E-state index contributed by atoms with van der Waals surface area (Å²) in [6, 6.07) is 6.23. The van der Waals surface area contributed by atoms with Crippen molar-refractivity contribution >= 4 is 40.0 Å². The zero-order valence-corrected chi connectivity index (χ0v) is 10.7. The molecule has 0 saturated carbocycles. The van der Waals surface area contributed by atoms with Crippen molar-refractivity contribution in [3.8, 4) is 0 Å². The second kappa shape index (κ2) is 5.75. The molecule has 0 aliphatic carbocycles. The van der Waals surface area contributed by atoms with Crippen LogP contribution < -0.4 is 5.73 Å². The Labute approximate surface area is 97.6 Å². The van der Waals surface area contributed by atoms with Crippen molar-refractivity contribution in [3.05, 3.63) is 21.8 Å². The molecule has 2 N–H and O–H groups in total. The summed E-state index contributed by atoms with van der Waals surface area (Å²) < 4.78 is 1.20. The number of halogens is 1. The molecule has 1 aromatic carbocycles. The second-order valence-corrected chi connectivity index (χ2v) is 5.27. The lowest BCUT2D eigenvalue weighted by molar-refractivity contribution is 0.896. The molecule has 0 aromatic heterocycles. The van der Waals surface area contributed by atoms with E-state index in [0.717, 1.165) is 5.69 Å². The lowest BCUT2D eigenvalue weighted by Gasteiger charge is -2.04. The summed E-state index contributed by atoms with van der Waals surface area (Å²) in [5.41, 5.74) is 6.79. The van der Waals surface area contributed by atoms with Gasteiger partial charge in [-0.25, -0.2) is 0 Å². The van der Waals surface area contributed by atoms with Crippen LogP contribution in [0.4, 0.5) is 5.69 Å². The molecule has 0 spiro atoms. The van der Waals surface area contributed by atoms with Gasteiger partial charge in [0.2, 0.25) is 0 Å². The van der Waals surface area contributed by atoms with Gasteiger partial charge in [-0.1, -0.05) is 13.3 Å². The van der Waals surface area contributed by atoms with E-state index in [1.165, 1.54) is 27.1 Å². The predicted molar refractivity (Wildman–Crippen MR) is 69.2 cm³/mol. The Morgan fingerprint density at radius 2 is 2.23 bits per heavy atom. The van der Waals surface area contributed by atoms with E-state index in [4.69, 9.17) is 5.73 Å². The number of benzene rings is 1. The van der Waals surface area contributed by atoms with Crippen LogP contribution in [0, 0.1) is 3.57 Å². The number of thioether (sulfide) groups is 1. The van der Waals surface area contributed by atoms with Gasteiger partial charge < -0.3 is 5.73 Å². The Morgan fingerprint density at radius 3 is 2.85 bits per heavy atom. The first-order valence-electron chi connectivity index (χ1n) is 4.42. The largest absolute Gasteiger partial charge is 0.398 e. The van der Waals surface area contributed by atoms with Crippen LogP contribution in [0.25, 0.3) is 0 Å². The Kier molecular flexibility index (Phi) is 4.94. The Bertz CT molecular complexity index is 276. The first kappa shape index (κ1) is 11.2. The standard InChI is InChI=1S/C10H14INS/c1-2-3-6-13-10-5-4-8(11)7-9(10)12/h4-5,7H,2-3,6,12H2,1H3. The summed E-state index contributed by atoms with van der Waals surface area (Å²) in [5.74, 6) is 1.17. The van der Waals surface area contributed by atoms with Gasteiger partial charge in [-0.15, -0.1) is 11.8 Å². The van der Waals surface area contributed by atoms with Gasteiger partial charge in [0.15, 0.2) is 0 Å². The van der Waals surface area contributed by atoms with Crippen LogP contribution in [-0.4, -0.2) is 5.75 Å². The minimum Gasteiger partial charge on any atom is -0.398 e. The van der Waals surface area contributed by atoms with E-state index < -0.39 is 0 Å². The molecule has 1 aromatic rings. The number of hydrogen-bond acceptors (Lipinski definition) is 2. The monoisotopic (exact) mass is 307 g/mol. The third kappa shape index (κ3) is 3.77.